The summed E-state index contributed by atoms with van der Waals surface area (Å²) in [6.45, 7) is 17.4. The fraction of sp³-hybridized carbons (Fsp3) is 0.211. The molecule has 0 saturated carbocycles. The summed E-state index contributed by atoms with van der Waals surface area (Å²) in [7, 11) is 1.08. The van der Waals surface area contributed by atoms with Crippen LogP contribution in [0.4, 0.5) is 0 Å². The van der Waals surface area contributed by atoms with Crippen LogP contribution in [-0.2, 0) is 26.2 Å². The average Bonchev–Trinajstić information content (AvgIpc) is 3.49. The zero-order valence-electron chi connectivity index (χ0n) is 25.2. The molecule has 0 amide bonds. The number of aryl methyl sites for hydroxylation is 4. The first-order valence-electron chi connectivity index (χ1n) is 13.8. The molecule has 6 aromatic carbocycles. The monoisotopic (exact) mass is 614 g/mol. The van der Waals surface area contributed by atoms with E-state index in [1.165, 1.54) is 77.2 Å². The van der Waals surface area contributed by atoms with E-state index in [4.69, 9.17) is 0 Å². The normalized spacial score (nSPS) is 10.4. The molecule has 6 rings (SSSR count). The Morgan fingerprint density at radius 2 is 0.800 bits per heavy atom. The molecule has 0 bridgehead atoms. The van der Waals surface area contributed by atoms with E-state index in [0.717, 1.165) is 9.52 Å². The van der Waals surface area contributed by atoms with E-state index in [2.05, 4.69) is 152 Å². The Balaban J connectivity index is 0.000000197. The summed E-state index contributed by atoms with van der Waals surface area (Å²) in [6.07, 6.45) is 0. The van der Waals surface area contributed by atoms with Crippen molar-refractivity contribution in [2.45, 2.75) is 54.6 Å². The Labute approximate surface area is 263 Å². The van der Waals surface area contributed by atoms with E-state index in [1.54, 1.807) is 0 Å². The average molecular weight is 616 g/mol. The van der Waals surface area contributed by atoms with Gasteiger partial charge >= 0.3 is 26.2 Å². The third kappa shape index (κ3) is 6.91. The summed E-state index contributed by atoms with van der Waals surface area (Å²) < 4.78 is 0. The minimum absolute atomic E-state index is 0. The van der Waals surface area contributed by atoms with Crippen molar-refractivity contribution in [2.75, 3.05) is 0 Å². The van der Waals surface area contributed by atoms with Gasteiger partial charge in [-0.05, 0) is 61.1 Å². The number of fused-ring (bicyclic) bond motifs is 2. The summed E-state index contributed by atoms with van der Waals surface area (Å²) in [4.78, 5) is 0. The molecule has 0 atom stereocenters. The van der Waals surface area contributed by atoms with Gasteiger partial charge in [0.2, 0.25) is 0 Å². The summed E-state index contributed by atoms with van der Waals surface area (Å²) >= 11 is 0. The van der Waals surface area contributed by atoms with Crippen LogP contribution >= 0.6 is 0 Å². The molecule has 0 spiro atoms. The van der Waals surface area contributed by atoms with Gasteiger partial charge in [-0.15, -0.1) is 69.1 Å². The van der Waals surface area contributed by atoms with Crippen molar-refractivity contribution in [3.8, 4) is 22.3 Å². The predicted octanol–water partition coefficient (Wildman–Crippen LogP) is 11.1. The Morgan fingerprint density at radius 3 is 1.18 bits per heavy atom. The third-order valence-electron chi connectivity index (χ3n) is 7.58. The molecule has 6 aromatic rings. The van der Waals surface area contributed by atoms with E-state index in [-0.39, 0.29) is 26.2 Å². The fourth-order valence-electron chi connectivity index (χ4n) is 5.32. The number of benzene rings is 4. The smallest absolute Gasteiger partial charge is 0.165 e. The molecule has 0 aromatic heterocycles. The summed E-state index contributed by atoms with van der Waals surface area (Å²) in [6, 6.07) is 35.3. The van der Waals surface area contributed by atoms with Crippen molar-refractivity contribution in [2.24, 2.45) is 0 Å². The van der Waals surface area contributed by atoms with Gasteiger partial charge < -0.3 is 0 Å². The van der Waals surface area contributed by atoms with E-state index < -0.39 is 0 Å². The second kappa shape index (κ2) is 14.2. The molecule has 0 aliphatic rings. The Bertz CT molecular complexity index is 1590. The van der Waals surface area contributed by atoms with E-state index >= 15 is 0 Å². The zero-order chi connectivity index (χ0) is 28.1. The molecule has 0 saturated heterocycles. The van der Waals surface area contributed by atoms with Crippen molar-refractivity contribution < 1.29 is 26.2 Å². The van der Waals surface area contributed by atoms with Gasteiger partial charge in [0.25, 0.3) is 0 Å². The zero-order valence-corrected chi connectivity index (χ0v) is 28.7. The van der Waals surface area contributed by atoms with Crippen LogP contribution in [0.2, 0.25) is 13.1 Å². The van der Waals surface area contributed by atoms with Crippen molar-refractivity contribution in [3.63, 3.8) is 0 Å². The molecule has 0 heterocycles. The quantitative estimate of drug-likeness (QED) is 0.134. The molecule has 0 N–H and O–H groups in total. The molecule has 0 aliphatic carbocycles. The Kier molecular flexibility index (Phi) is 11.3. The standard InChI is InChI=1S/2C18H17.C2H6Si.Zr/c2*1-12-10-15-7-5-9-17(18(15)11-12)16-8-4-6-13(2)14(16)3;1-3-2;/h2*4-11H,1-3H3;1-2H3;/q2*-1;;+2. The van der Waals surface area contributed by atoms with Crippen LogP contribution in [0.25, 0.3) is 43.8 Å². The van der Waals surface area contributed by atoms with Crippen LogP contribution in [0.3, 0.4) is 0 Å². The second-order valence-electron chi connectivity index (χ2n) is 10.7. The molecule has 0 unspecified atom stereocenters. The van der Waals surface area contributed by atoms with Gasteiger partial charge in [-0.2, -0.15) is 12.1 Å². The van der Waals surface area contributed by atoms with Gasteiger partial charge in [0.05, 0.1) is 0 Å². The van der Waals surface area contributed by atoms with E-state index in [1.807, 2.05) is 0 Å². The first-order chi connectivity index (χ1) is 18.7. The Hall–Kier alpha value is -2.80. The van der Waals surface area contributed by atoms with Crippen LogP contribution in [0, 0.1) is 41.5 Å². The fourth-order valence-corrected chi connectivity index (χ4v) is 5.32. The molecule has 40 heavy (non-hydrogen) atoms. The largest absolute Gasteiger partial charge is 2.00 e. The molecular weight excluding hydrogens is 576 g/mol. The summed E-state index contributed by atoms with van der Waals surface area (Å²) in [5, 5.41) is 5.41. The maximum absolute atomic E-state index is 2.28. The molecular formula is C38H40SiZr. The van der Waals surface area contributed by atoms with Crippen LogP contribution in [0.5, 0.6) is 0 Å². The molecule has 0 nitrogen and oxygen atoms in total. The van der Waals surface area contributed by atoms with Gasteiger partial charge in [0.1, 0.15) is 0 Å². The minimum atomic E-state index is 0. The van der Waals surface area contributed by atoms with Gasteiger partial charge in [-0.3, -0.25) is 0 Å². The van der Waals surface area contributed by atoms with Crippen molar-refractivity contribution >= 4 is 31.1 Å². The second-order valence-corrected chi connectivity index (χ2v) is 11.7. The summed E-state index contributed by atoms with van der Waals surface area (Å²) in [5.41, 5.74) is 13.5. The maximum Gasteiger partial charge on any atom is 2.00 e. The van der Waals surface area contributed by atoms with E-state index in [0.29, 0.717) is 0 Å². The van der Waals surface area contributed by atoms with Gasteiger partial charge in [0, 0.05) is 9.52 Å². The molecule has 200 valence electrons. The van der Waals surface area contributed by atoms with Crippen LogP contribution in [0.15, 0.2) is 97.1 Å². The summed E-state index contributed by atoms with van der Waals surface area (Å²) in [5.74, 6) is 0. The number of hydrogen-bond acceptors (Lipinski definition) is 0. The van der Waals surface area contributed by atoms with Gasteiger partial charge in [0.15, 0.2) is 0 Å². The van der Waals surface area contributed by atoms with Crippen LogP contribution < -0.4 is 0 Å². The SMILES string of the molecule is C[Si]C.Cc1cc2c(-c3cccc(C)c3C)cccc2[cH-]1.Cc1cc2c(-c3cccc(C)c3C)cccc2[cH-]1.[Zr+2]. The van der Waals surface area contributed by atoms with E-state index in [9.17, 15) is 0 Å². The van der Waals surface area contributed by atoms with Gasteiger partial charge in [-0.25, -0.2) is 0 Å². The first kappa shape index (κ1) is 31.7. The van der Waals surface area contributed by atoms with Crippen molar-refractivity contribution in [3.05, 3.63) is 130 Å². The molecule has 0 fully saturated rings. The first-order valence-corrected chi connectivity index (χ1v) is 15.8. The number of hydrogen-bond donors (Lipinski definition) is 0. The molecule has 0 aliphatic heterocycles. The third-order valence-corrected chi connectivity index (χ3v) is 7.58. The topological polar surface area (TPSA) is 0 Å². The molecule has 2 radical (unpaired) electrons. The predicted molar refractivity (Wildman–Crippen MR) is 176 cm³/mol. The van der Waals surface area contributed by atoms with Crippen LogP contribution in [-0.4, -0.2) is 9.52 Å². The minimum Gasteiger partial charge on any atom is -0.165 e. The molecule has 2 heteroatoms. The van der Waals surface area contributed by atoms with Crippen LogP contribution in [0.1, 0.15) is 33.4 Å². The Morgan fingerprint density at radius 1 is 0.475 bits per heavy atom. The van der Waals surface area contributed by atoms with Gasteiger partial charge in [-0.1, -0.05) is 86.6 Å². The maximum atomic E-state index is 2.28. The van der Waals surface area contributed by atoms with Crippen molar-refractivity contribution in [1.82, 2.24) is 0 Å². The number of rotatable bonds is 2. The van der Waals surface area contributed by atoms with Crippen molar-refractivity contribution in [1.29, 1.82) is 0 Å².